The molecule has 4 nitrogen and oxygen atoms in total. The maximum absolute atomic E-state index is 13.0. The van der Waals surface area contributed by atoms with Crippen LogP contribution in [0.1, 0.15) is 50.8 Å². The zero-order chi connectivity index (χ0) is 21.6. The number of amides is 2. The predicted molar refractivity (Wildman–Crippen MR) is 122 cm³/mol. The van der Waals surface area contributed by atoms with E-state index in [9.17, 15) is 9.59 Å². The van der Waals surface area contributed by atoms with Crippen LogP contribution >= 0.6 is 0 Å². The van der Waals surface area contributed by atoms with Gasteiger partial charge in [-0.2, -0.15) is 0 Å². The van der Waals surface area contributed by atoms with Crippen molar-refractivity contribution in [2.75, 3.05) is 13.1 Å². The minimum absolute atomic E-state index is 0.00886. The van der Waals surface area contributed by atoms with Crippen LogP contribution in [0.15, 0.2) is 66.7 Å². The summed E-state index contributed by atoms with van der Waals surface area (Å²) in [6.07, 6.45) is 4.86. The minimum Gasteiger partial charge on any atom is -0.349 e. The Balaban J connectivity index is 1.55. The topological polar surface area (TPSA) is 49.4 Å². The largest absolute Gasteiger partial charge is 0.349 e. The number of piperidine rings is 1. The molecule has 4 heteroatoms. The highest BCUT2D eigenvalue weighted by Gasteiger charge is 2.32. The number of rotatable bonds is 5. The number of nitrogens with one attached hydrogen (secondary N) is 1. The first-order valence-corrected chi connectivity index (χ1v) is 10.7. The first-order valence-electron chi connectivity index (χ1n) is 10.7. The first kappa shape index (κ1) is 21.8. The van der Waals surface area contributed by atoms with Crippen LogP contribution in [0.3, 0.4) is 0 Å². The van der Waals surface area contributed by atoms with Crippen molar-refractivity contribution >= 4 is 17.9 Å². The number of carbonyl (C=O) groups excluding carboxylic acids is 2. The third-order valence-electron chi connectivity index (χ3n) is 5.68. The van der Waals surface area contributed by atoms with Crippen molar-refractivity contribution in [1.29, 1.82) is 0 Å². The molecule has 30 heavy (non-hydrogen) atoms. The molecule has 0 spiro atoms. The summed E-state index contributed by atoms with van der Waals surface area (Å²) in [6.45, 7) is 7.66. The molecule has 1 heterocycles. The van der Waals surface area contributed by atoms with Gasteiger partial charge in [-0.3, -0.25) is 9.59 Å². The monoisotopic (exact) mass is 404 g/mol. The number of nitrogens with zero attached hydrogens (tertiary/aromatic N) is 1. The van der Waals surface area contributed by atoms with Crippen molar-refractivity contribution in [3.8, 4) is 0 Å². The standard InChI is InChI=1S/C26H32N2O2/c1-26(2,3)24(21-12-8-5-9-13-21)27-25(30)22-16-18-28(19-17-22)23(29)15-14-20-10-6-4-7-11-20/h4-15,22,24H,16-19H2,1-3H3,(H,27,30)/b15-14+. The fourth-order valence-corrected chi connectivity index (χ4v) is 3.90. The van der Waals surface area contributed by atoms with E-state index in [2.05, 4.69) is 38.2 Å². The molecule has 0 aliphatic carbocycles. The van der Waals surface area contributed by atoms with Gasteiger partial charge in [-0.05, 0) is 35.5 Å². The molecule has 1 unspecified atom stereocenters. The second kappa shape index (κ2) is 9.75. The van der Waals surface area contributed by atoms with Crippen molar-refractivity contribution in [3.05, 3.63) is 77.9 Å². The zero-order valence-corrected chi connectivity index (χ0v) is 18.2. The summed E-state index contributed by atoms with van der Waals surface area (Å²) in [5.74, 6) is 0.0426. The third kappa shape index (κ3) is 5.82. The Morgan fingerprint density at radius 3 is 2.10 bits per heavy atom. The fraction of sp³-hybridized carbons (Fsp3) is 0.385. The third-order valence-corrected chi connectivity index (χ3v) is 5.68. The lowest BCUT2D eigenvalue weighted by atomic mass is 9.81. The molecule has 2 aromatic carbocycles. The molecule has 2 amide bonds. The molecule has 0 aromatic heterocycles. The van der Waals surface area contributed by atoms with Crippen LogP contribution in [0.5, 0.6) is 0 Å². The van der Waals surface area contributed by atoms with E-state index in [1.807, 2.05) is 59.5 Å². The van der Waals surface area contributed by atoms with Gasteiger partial charge in [0.25, 0.3) is 0 Å². The fourth-order valence-electron chi connectivity index (χ4n) is 3.90. The maximum atomic E-state index is 13.0. The number of likely N-dealkylation sites (tertiary alicyclic amines) is 1. The van der Waals surface area contributed by atoms with E-state index >= 15 is 0 Å². The molecular formula is C26H32N2O2. The second-order valence-corrected chi connectivity index (χ2v) is 9.06. The van der Waals surface area contributed by atoms with Crippen LogP contribution in [-0.4, -0.2) is 29.8 Å². The summed E-state index contributed by atoms with van der Waals surface area (Å²) >= 11 is 0. The average Bonchev–Trinajstić information content (AvgIpc) is 2.76. The Hall–Kier alpha value is -2.88. The highest BCUT2D eigenvalue weighted by atomic mass is 16.2. The van der Waals surface area contributed by atoms with Gasteiger partial charge < -0.3 is 10.2 Å². The van der Waals surface area contributed by atoms with Crippen molar-refractivity contribution in [1.82, 2.24) is 10.2 Å². The Labute approximate surface area is 180 Å². The van der Waals surface area contributed by atoms with Gasteiger partial charge in [-0.15, -0.1) is 0 Å². The van der Waals surface area contributed by atoms with E-state index in [0.29, 0.717) is 25.9 Å². The van der Waals surface area contributed by atoms with Crippen molar-refractivity contribution < 1.29 is 9.59 Å². The molecule has 158 valence electrons. The summed E-state index contributed by atoms with van der Waals surface area (Å²) in [7, 11) is 0. The first-order chi connectivity index (χ1) is 14.3. The van der Waals surface area contributed by atoms with Crippen LogP contribution < -0.4 is 5.32 Å². The summed E-state index contributed by atoms with van der Waals surface area (Å²) in [5.41, 5.74) is 2.04. The zero-order valence-electron chi connectivity index (χ0n) is 18.2. The summed E-state index contributed by atoms with van der Waals surface area (Å²) in [4.78, 5) is 27.3. The van der Waals surface area contributed by atoms with Gasteiger partial charge in [-0.25, -0.2) is 0 Å². The molecule has 1 atom stereocenters. The smallest absolute Gasteiger partial charge is 0.246 e. The normalized spacial score (nSPS) is 16.4. The molecule has 1 fully saturated rings. The maximum Gasteiger partial charge on any atom is 0.246 e. The van der Waals surface area contributed by atoms with E-state index in [0.717, 1.165) is 11.1 Å². The number of benzene rings is 2. The van der Waals surface area contributed by atoms with Gasteiger partial charge in [-0.1, -0.05) is 81.4 Å². The highest BCUT2D eigenvalue weighted by molar-refractivity contribution is 5.92. The molecule has 2 aromatic rings. The Bertz CT molecular complexity index is 861. The highest BCUT2D eigenvalue weighted by Crippen LogP contribution is 2.33. The lowest BCUT2D eigenvalue weighted by molar-refractivity contribution is -0.132. The molecule has 0 bridgehead atoms. The second-order valence-electron chi connectivity index (χ2n) is 9.06. The van der Waals surface area contributed by atoms with Gasteiger partial charge in [0.05, 0.1) is 6.04 Å². The van der Waals surface area contributed by atoms with Crippen LogP contribution in [0.2, 0.25) is 0 Å². The molecule has 1 saturated heterocycles. The Kier molecular flexibility index (Phi) is 7.09. The summed E-state index contributed by atoms with van der Waals surface area (Å²) in [5, 5.41) is 3.28. The van der Waals surface area contributed by atoms with Crippen LogP contribution in [0.25, 0.3) is 6.08 Å². The number of hydrogen-bond acceptors (Lipinski definition) is 2. The van der Waals surface area contributed by atoms with Crippen molar-refractivity contribution in [2.45, 2.75) is 39.7 Å². The lowest BCUT2D eigenvalue weighted by Crippen LogP contribution is -2.45. The van der Waals surface area contributed by atoms with E-state index in [1.54, 1.807) is 6.08 Å². The molecule has 0 saturated carbocycles. The molecular weight excluding hydrogens is 372 g/mol. The van der Waals surface area contributed by atoms with Crippen LogP contribution in [-0.2, 0) is 9.59 Å². The van der Waals surface area contributed by atoms with Crippen molar-refractivity contribution in [3.63, 3.8) is 0 Å². The molecule has 3 rings (SSSR count). The van der Waals surface area contributed by atoms with Crippen LogP contribution in [0, 0.1) is 11.3 Å². The average molecular weight is 405 g/mol. The predicted octanol–water partition coefficient (Wildman–Crippen LogP) is 4.84. The SMILES string of the molecule is CC(C)(C)C(NC(=O)C1CCN(C(=O)/C=C/c2ccccc2)CC1)c1ccccc1. The minimum atomic E-state index is -0.0874. The Morgan fingerprint density at radius 1 is 0.967 bits per heavy atom. The Morgan fingerprint density at radius 2 is 1.53 bits per heavy atom. The van der Waals surface area contributed by atoms with Gasteiger partial charge in [0.2, 0.25) is 11.8 Å². The van der Waals surface area contributed by atoms with Gasteiger partial charge >= 0.3 is 0 Å². The number of carbonyl (C=O) groups is 2. The van der Waals surface area contributed by atoms with E-state index in [1.165, 1.54) is 0 Å². The molecule has 1 N–H and O–H groups in total. The van der Waals surface area contributed by atoms with Gasteiger partial charge in [0, 0.05) is 25.1 Å². The molecule has 1 aliphatic heterocycles. The van der Waals surface area contributed by atoms with Crippen LogP contribution in [0.4, 0.5) is 0 Å². The van der Waals surface area contributed by atoms with Crippen molar-refractivity contribution in [2.24, 2.45) is 11.3 Å². The van der Waals surface area contributed by atoms with E-state index in [-0.39, 0.29) is 29.2 Å². The number of hydrogen-bond donors (Lipinski definition) is 1. The lowest BCUT2D eigenvalue weighted by Gasteiger charge is -2.35. The molecule has 0 radical (unpaired) electrons. The van der Waals surface area contributed by atoms with E-state index < -0.39 is 0 Å². The quantitative estimate of drug-likeness (QED) is 0.725. The molecule has 1 aliphatic rings. The van der Waals surface area contributed by atoms with E-state index in [4.69, 9.17) is 0 Å². The summed E-state index contributed by atoms with van der Waals surface area (Å²) < 4.78 is 0. The van der Waals surface area contributed by atoms with Gasteiger partial charge in [0.1, 0.15) is 0 Å². The summed E-state index contributed by atoms with van der Waals surface area (Å²) in [6, 6.07) is 19.9. The van der Waals surface area contributed by atoms with Gasteiger partial charge in [0.15, 0.2) is 0 Å².